The molecule has 2 aliphatic heterocycles. The van der Waals surface area contributed by atoms with Crippen LogP contribution in [0.1, 0.15) is 32.3 Å². The van der Waals surface area contributed by atoms with Gasteiger partial charge in [-0.2, -0.15) is 0 Å². The van der Waals surface area contributed by atoms with E-state index in [1.165, 1.54) is 5.69 Å². The molecule has 1 aromatic heterocycles. The molecule has 1 N–H and O–H groups in total. The largest absolute Gasteiger partial charge is 0.376 e. The van der Waals surface area contributed by atoms with Gasteiger partial charge >= 0.3 is 0 Å². The van der Waals surface area contributed by atoms with Gasteiger partial charge in [-0.1, -0.05) is 6.07 Å². The number of fused-ring (bicyclic) bond motifs is 2. The third-order valence-corrected chi connectivity index (χ3v) is 6.11. The lowest BCUT2D eigenvalue weighted by Crippen LogP contribution is -2.64. The van der Waals surface area contributed by atoms with Gasteiger partial charge < -0.3 is 19.9 Å². The van der Waals surface area contributed by atoms with E-state index in [0.29, 0.717) is 24.2 Å². The van der Waals surface area contributed by atoms with Crippen LogP contribution in [-0.2, 0) is 16.1 Å². The number of amides is 1. The van der Waals surface area contributed by atoms with Gasteiger partial charge in [-0.25, -0.2) is 4.98 Å². The highest BCUT2D eigenvalue weighted by molar-refractivity contribution is 5.89. The van der Waals surface area contributed by atoms with Gasteiger partial charge in [0.15, 0.2) is 0 Å². The number of nitrogens with zero attached hydrogens (tertiary/aromatic N) is 3. The lowest BCUT2D eigenvalue weighted by molar-refractivity contribution is -0.114. The van der Waals surface area contributed by atoms with E-state index in [0.717, 1.165) is 55.1 Å². The number of pyridine rings is 1. The standard InChI is InChI=1S/C22H26N4O2/c1-15(2)28-18-9-22(10-18)12-26(13-22)17-5-6-19-20(8-17)25(14-27)11-16-4-3-7-23-21(16)24-19/h3-8,14-15,18H,9-13H2,1-2H3,(H,23,24). The molecular formula is C22H26N4O2. The number of ether oxygens (including phenoxy) is 1. The van der Waals surface area contributed by atoms with Crippen molar-refractivity contribution in [1.82, 2.24) is 4.98 Å². The number of anilines is 4. The number of hydrogen-bond acceptors (Lipinski definition) is 5. The Morgan fingerprint density at radius 2 is 2.11 bits per heavy atom. The number of carbonyl (C=O) groups excluding carboxylic acids is 1. The summed E-state index contributed by atoms with van der Waals surface area (Å²) in [6.45, 7) is 6.87. The highest BCUT2D eigenvalue weighted by atomic mass is 16.5. The summed E-state index contributed by atoms with van der Waals surface area (Å²) in [5, 5.41) is 3.39. The average Bonchev–Trinajstić information content (AvgIpc) is 2.78. The zero-order valence-electron chi connectivity index (χ0n) is 16.4. The molecule has 1 aliphatic carbocycles. The monoisotopic (exact) mass is 378 g/mol. The zero-order chi connectivity index (χ0) is 19.3. The minimum Gasteiger partial charge on any atom is -0.376 e. The molecule has 3 aliphatic rings. The summed E-state index contributed by atoms with van der Waals surface area (Å²) < 4.78 is 5.93. The Kier molecular flexibility index (Phi) is 4.05. The molecule has 6 heteroatoms. The zero-order valence-corrected chi connectivity index (χ0v) is 16.4. The maximum absolute atomic E-state index is 11.8. The second-order valence-electron chi connectivity index (χ2n) is 8.64. The fourth-order valence-electron chi connectivity index (χ4n) is 4.82. The molecule has 3 heterocycles. The van der Waals surface area contributed by atoms with Crippen LogP contribution in [0.3, 0.4) is 0 Å². The second kappa shape index (κ2) is 6.48. The van der Waals surface area contributed by atoms with Crippen LogP contribution in [0.2, 0.25) is 0 Å². The topological polar surface area (TPSA) is 57.7 Å². The van der Waals surface area contributed by atoms with E-state index in [-0.39, 0.29) is 0 Å². The molecule has 1 spiro atoms. The van der Waals surface area contributed by atoms with Crippen LogP contribution in [0, 0.1) is 5.41 Å². The lowest BCUT2D eigenvalue weighted by Gasteiger charge is -2.59. The maximum atomic E-state index is 11.8. The quantitative estimate of drug-likeness (QED) is 0.822. The van der Waals surface area contributed by atoms with Gasteiger partial charge in [0.25, 0.3) is 0 Å². The molecule has 1 saturated carbocycles. The molecule has 146 valence electrons. The van der Waals surface area contributed by atoms with Crippen LogP contribution >= 0.6 is 0 Å². The molecule has 1 aromatic carbocycles. The van der Waals surface area contributed by atoms with Crippen molar-refractivity contribution in [2.45, 2.75) is 45.4 Å². The SMILES string of the molecule is CC(C)OC1CC2(C1)CN(c1ccc3c(c1)N(C=O)Cc1cccnc1N3)C2. The van der Waals surface area contributed by atoms with Gasteiger partial charge in [0, 0.05) is 36.0 Å². The molecule has 28 heavy (non-hydrogen) atoms. The Bertz CT molecular complexity index is 899. The van der Waals surface area contributed by atoms with E-state index in [1.807, 2.05) is 12.1 Å². The molecule has 1 saturated heterocycles. The van der Waals surface area contributed by atoms with Crippen LogP contribution in [0.4, 0.5) is 22.9 Å². The van der Waals surface area contributed by atoms with Gasteiger partial charge in [-0.3, -0.25) is 4.79 Å². The molecule has 2 aromatic rings. The summed E-state index contributed by atoms with van der Waals surface area (Å²) in [6, 6.07) is 10.2. The Balaban J connectivity index is 1.33. The van der Waals surface area contributed by atoms with Crippen molar-refractivity contribution in [2.75, 3.05) is 28.2 Å². The lowest BCUT2D eigenvalue weighted by atomic mass is 9.61. The van der Waals surface area contributed by atoms with E-state index in [2.05, 4.69) is 47.2 Å². The minimum absolute atomic E-state index is 0.309. The van der Waals surface area contributed by atoms with Crippen LogP contribution < -0.4 is 15.1 Å². The smallest absolute Gasteiger partial charge is 0.214 e. The van der Waals surface area contributed by atoms with E-state index < -0.39 is 0 Å². The molecule has 0 radical (unpaired) electrons. The molecule has 0 unspecified atom stereocenters. The normalized spacial score (nSPS) is 20.0. The van der Waals surface area contributed by atoms with Crippen molar-refractivity contribution < 1.29 is 9.53 Å². The van der Waals surface area contributed by atoms with Crippen LogP contribution in [0.25, 0.3) is 0 Å². The van der Waals surface area contributed by atoms with Crippen molar-refractivity contribution in [3.8, 4) is 0 Å². The summed E-state index contributed by atoms with van der Waals surface area (Å²) in [6.07, 6.45) is 5.73. The third kappa shape index (κ3) is 2.92. The number of aromatic nitrogens is 1. The number of rotatable bonds is 4. The van der Waals surface area contributed by atoms with E-state index >= 15 is 0 Å². The van der Waals surface area contributed by atoms with E-state index in [9.17, 15) is 4.79 Å². The maximum Gasteiger partial charge on any atom is 0.214 e. The fourth-order valence-corrected chi connectivity index (χ4v) is 4.82. The molecule has 0 atom stereocenters. The number of benzene rings is 1. The molecule has 2 fully saturated rings. The number of hydrogen-bond donors (Lipinski definition) is 1. The van der Waals surface area contributed by atoms with Crippen molar-refractivity contribution in [2.24, 2.45) is 5.41 Å². The number of carbonyl (C=O) groups is 1. The van der Waals surface area contributed by atoms with Crippen molar-refractivity contribution in [3.05, 3.63) is 42.1 Å². The van der Waals surface area contributed by atoms with Crippen LogP contribution in [0.5, 0.6) is 0 Å². The first-order valence-corrected chi connectivity index (χ1v) is 10.0. The fraction of sp³-hybridized carbons (Fsp3) is 0.455. The first-order chi connectivity index (χ1) is 13.5. The molecule has 5 rings (SSSR count). The predicted octanol–water partition coefficient (Wildman–Crippen LogP) is 3.70. The molecular weight excluding hydrogens is 352 g/mol. The van der Waals surface area contributed by atoms with E-state index in [4.69, 9.17) is 4.74 Å². The highest BCUT2D eigenvalue weighted by Gasteiger charge is 2.53. The van der Waals surface area contributed by atoms with Crippen LogP contribution in [-0.4, -0.2) is 36.7 Å². The van der Waals surface area contributed by atoms with Gasteiger partial charge in [0.2, 0.25) is 6.41 Å². The van der Waals surface area contributed by atoms with Gasteiger partial charge in [0.05, 0.1) is 30.1 Å². The molecule has 1 amide bonds. The van der Waals surface area contributed by atoms with Gasteiger partial charge in [-0.05, 0) is 51.0 Å². The van der Waals surface area contributed by atoms with Gasteiger partial charge in [-0.15, -0.1) is 0 Å². The summed E-state index contributed by atoms with van der Waals surface area (Å²) >= 11 is 0. The Hall–Kier alpha value is -2.60. The van der Waals surface area contributed by atoms with Crippen LogP contribution in [0.15, 0.2) is 36.5 Å². The molecule has 6 nitrogen and oxygen atoms in total. The highest BCUT2D eigenvalue weighted by Crippen LogP contribution is 2.51. The predicted molar refractivity (Wildman–Crippen MR) is 110 cm³/mol. The van der Waals surface area contributed by atoms with E-state index in [1.54, 1.807) is 11.1 Å². The second-order valence-corrected chi connectivity index (χ2v) is 8.64. The number of nitrogens with one attached hydrogen (secondary N) is 1. The summed E-state index contributed by atoms with van der Waals surface area (Å²) in [7, 11) is 0. The summed E-state index contributed by atoms with van der Waals surface area (Å²) in [5.41, 5.74) is 4.43. The third-order valence-electron chi connectivity index (χ3n) is 6.11. The Labute approximate surface area is 165 Å². The Morgan fingerprint density at radius 3 is 2.86 bits per heavy atom. The van der Waals surface area contributed by atoms with Crippen molar-refractivity contribution >= 4 is 29.3 Å². The summed E-state index contributed by atoms with van der Waals surface area (Å²) in [4.78, 5) is 20.4. The first kappa shape index (κ1) is 17.5. The Morgan fingerprint density at radius 1 is 1.29 bits per heavy atom. The molecule has 0 bridgehead atoms. The van der Waals surface area contributed by atoms with Crippen molar-refractivity contribution in [3.63, 3.8) is 0 Å². The van der Waals surface area contributed by atoms with Crippen molar-refractivity contribution in [1.29, 1.82) is 0 Å². The van der Waals surface area contributed by atoms with Gasteiger partial charge in [0.1, 0.15) is 5.82 Å². The first-order valence-electron chi connectivity index (χ1n) is 10.0. The average molecular weight is 378 g/mol. The summed E-state index contributed by atoms with van der Waals surface area (Å²) in [5.74, 6) is 0.814. The minimum atomic E-state index is 0.309.